The van der Waals surface area contributed by atoms with Gasteiger partial charge in [-0.15, -0.1) is 0 Å². The molecule has 0 saturated carbocycles. The number of para-hydroxylation sites is 1. The largest absolute Gasteiger partial charge is 0.495 e. The number of carbonyl (C=O) groups is 2. The van der Waals surface area contributed by atoms with Crippen molar-refractivity contribution in [3.8, 4) is 5.75 Å². The molecule has 3 aromatic carbocycles. The van der Waals surface area contributed by atoms with Crippen molar-refractivity contribution in [1.29, 1.82) is 0 Å². The van der Waals surface area contributed by atoms with E-state index in [2.05, 4.69) is 0 Å². The van der Waals surface area contributed by atoms with Crippen molar-refractivity contribution in [1.82, 2.24) is 0 Å². The predicted molar refractivity (Wildman–Crippen MR) is 135 cm³/mol. The number of aryl methyl sites for hydroxylation is 2. The van der Waals surface area contributed by atoms with Gasteiger partial charge in [0.25, 0.3) is 10.8 Å². The van der Waals surface area contributed by atoms with E-state index in [9.17, 15) is 18.0 Å². The van der Waals surface area contributed by atoms with E-state index in [-0.39, 0.29) is 22.8 Å². The molecule has 2 aliphatic heterocycles. The van der Waals surface area contributed by atoms with Crippen LogP contribution in [0.15, 0.2) is 60.7 Å². The maximum Gasteiger partial charge on any atom is 0.274 e. The lowest BCUT2D eigenvalue weighted by atomic mass is 10.0. The Morgan fingerprint density at radius 1 is 1.03 bits per heavy atom. The summed E-state index contributed by atoms with van der Waals surface area (Å²) >= 11 is 6.32. The van der Waals surface area contributed by atoms with Crippen LogP contribution < -0.4 is 14.5 Å². The molecule has 180 valence electrons. The second-order valence-electron chi connectivity index (χ2n) is 8.79. The highest BCUT2D eigenvalue weighted by Gasteiger charge is 2.69. The van der Waals surface area contributed by atoms with Gasteiger partial charge in [0.2, 0.25) is 5.91 Å². The summed E-state index contributed by atoms with van der Waals surface area (Å²) in [6.45, 7) is 4.07. The zero-order chi connectivity index (χ0) is 25.1. The summed E-state index contributed by atoms with van der Waals surface area (Å²) in [5.41, 5.74) is 3.82. The van der Waals surface area contributed by atoms with Crippen molar-refractivity contribution in [2.45, 2.75) is 25.3 Å². The summed E-state index contributed by atoms with van der Waals surface area (Å²) in [7, 11) is -2.80. The number of rotatable bonds is 4. The highest BCUT2D eigenvalue weighted by molar-refractivity contribution is 7.94. The summed E-state index contributed by atoms with van der Waals surface area (Å²) < 4.78 is 32.6. The molecular formula is C26H23ClN2O5S. The molecule has 0 bridgehead atoms. The fourth-order valence-corrected chi connectivity index (χ4v) is 7.27. The maximum absolute atomic E-state index is 14.2. The molecule has 2 amide bonds. The topological polar surface area (TPSA) is 84.0 Å². The van der Waals surface area contributed by atoms with E-state index in [1.54, 1.807) is 30.3 Å². The van der Waals surface area contributed by atoms with Gasteiger partial charge in [-0.25, -0.2) is 8.42 Å². The minimum Gasteiger partial charge on any atom is -0.495 e. The Hall–Kier alpha value is -3.36. The molecule has 9 heteroatoms. The molecule has 35 heavy (non-hydrogen) atoms. The van der Waals surface area contributed by atoms with E-state index in [4.69, 9.17) is 16.3 Å². The first-order chi connectivity index (χ1) is 16.6. The number of carbonyl (C=O) groups excluding carboxylic acids is 2. The van der Waals surface area contributed by atoms with Crippen LogP contribution in [0.25, 0.3) is 0 Å². The SMILES string of the molecule is COc1ccc(N2C(=O)CS(=O)(=O)[C@@]23C(=O)N(Cc2cc(C)ccc2C)c2ccccc23)cc1Cl. The Labute approximate surface area is 208 Å². The molecule has 0 aliphatic carbocycles. The summed E-state index contributed by atoms with van der Waals surface area (Å²) in [6.07, 6.45) is 0. The van der Waals surface area contributed by atoms with Crippen LogP contribution in [-0.2, 0) is 30.8 Å². The first-order valence-corrected chi connectivity index (χ1v) is 13.0. The molecular weight excluding hydrogens is 488 g/mol. The molecule has 1 saturated heterocycles. The summed E-state index contributed by atoms with van der Waals surface area (Å²) in [5, 5.41) is 0.197. The normalized spacial score (nSPS) is 20.6. The Bertz CT molecular complexity index is 1500. The van der Waals surface area contributed by atoms with Gasteiger partial charge in [0.05, 0.1) is 24.4 Å². The van der Waals surface area contributed by atoms with Gasteiger partial charge in [-0.1, -0.05) is 53.6 Å². The van der Waals surface area contributed by atoms with Crippen molar-refractivity contribution in [3.05, 3.63) is 87.9 Å². The first-order valence-electron chi connectivity index (χ1n) is 11.0. The van der Waals surface area contributed by atoms with Crippen LogP contribution in [0.5, 0.6) is 5.75 Å². The molecule has 1 spiro atoms. The lowest BCUT2D eigenvalue weighted by Crippen LogP contribution is -2.54. The first kappa shape index (κ1) is 23.4. The predicted octanol–water partition coefficient (Wildman–Crippen LogP) is 4.13. The molecule has 0 aromatic heterocycles. The monoisotopic (exact) mass is 510 g/mol. The van der Waals surface area contributed by atoms with Crippen LogP contribution in [-0.4, -0.2) is 33.1 Å². The third-order valence-corrected chi connectivity index (χ3v) is 9.05. The van der Waals surface area contributed by atoms with Crippen molar-refractivity contribution >= 4 is 44.6 Å². The summed E-state index contributed by atoms with van der Waals surface area (Å²) in [4.78, 5) is 27.8. The fraction of sp³-hybridized carbons (Fsp3) is 0.231. The van der Waals surface area contributed by atoms with Gasteiger partial charge in [-0.3, -0.25) is 14.5 Å². The number of amides is 2. The average Bonchev–Trinajstić information content (AvgIpc) is 3.18. The Balaban J connectivity index is 1.73. The van der Waals surface area contributed by atoms with E-state index in [0.29, 0.717) is 11.4 Å². The lowest BCUT2D eigenvalue weighted by Gasteiger charge is -2.33. The van der Waals surface area contributed by atoms with Crippen molar-refractivity contribution < 1.29 is 22.7 Å². The molecule has 1 atom stereocenters. The quantitative estimate of drug-likeness (QED) is 0.527. The zero-order valence-corrected chi connectivity index (χ0v) is 21.0. The fourth-order valence-electron chi connectivity index (χ4n) is 4.98. The van der Waals surface area contributed by atoms with Gasteiger partial charge in [0, 0.05) is 11.3 Å². The number of ether oxygens (including phenoxy) is 1. The molecule has 7 nitrogen and oxygen atoms in total. The molecule has 3 aromatic rings. The number of hydrogen-bond donors (Lipinski definition) is 0. The van der Waals surface area contributed by atoms with E-state index < -0.39 is 32.3 Å². The zero-order valence-electron chi connectivity index (χ0n) is 19.4. The molecule has 2 aliphatic rings. The molecule has 5 rings (SSSR count). The van der Waals surface area contributed by atoms with Crippen LogP contribution in [0.4, 0.5) is 11.4 Å². The number of hydrogen-bond acceptors (Lipinski definition) is 5. The minimum atomic E-state index is -4.26. The van der Waals surface area contributed by atoms with Gasteiger partial charge >= 0.3 is 0 Å². The smallest absolute Gasteiger partial charge is 0.274 e. The van der Waals surface area contributed by atoms with E-state index in [1.165, 1.54) is 24.1 Å². The number of methoxy groups -OCH3 is 1. The molecule has 0 radical (unpaired) electrons. The number of fused-ring (bicyclic) bond motifs is 2. The van der Waals surface area contributed by atoms with Crippen LogP contribution >= 0.6 is 11.6 Å². The van der Waals surface area contributed by atoms with Crippen molar-refractivity contribution in [2.24, 2.45) is 0 Å². The highest BCUT2D eigenvalue weighted by Crippen LogP contribution is 2.53. The minimum absolute atomic E-state index is 0.173. The summed E-state index contributed by atoms with van der Waals surface area (Å²) in [6, 6.07) is 17.2. The number of anilines is 2. The van der Waals surface area contributed by atoms with Crippen molar-refractivity contribution in [3.63, 3.8) is 0 Å². The number of nitrogens with zero attached hydrogens (tertiary/aromatic N) is 2. The van der Waals surface area contributed by atoms with E-state index in [1.807, 2.05) is 32.0 Å². The third-order valence-electron chi connectivity index (χ3n) is 6.65. The van der Waals surface area contributed by atoms with Crippen LogP contribution in [0, 0.1) is 13.8 Å². The van der Waals surface area contributed by atoms with E-state index in [0.717, 1.165) is 21.6 Å². The van der Waals surface area contributed by atoms with Gasteiger partial charge < -0.3 is 9.64 Å². The van der Waals surface area contributed by atoms with Crippen LogP contribution in [0.2, 0.25) is 5.02 Å². The van der Waals surface area contributed by atoms with Gasteiger partial charge in [0.1, 0.15) is 11.5 Å². The number of benzene rings is 3. The molecule has 1 fully saturated rings. The second kappa shape index (κ2) is 8.10. The van der Waals surface area contributed by atoms with Gasteiger partial charge in [0.15, 0.2) is 9.84 Å². The maximum atomic E-state index is 14.2. The van der Waals surface area contributed by atoms with E-state index >= 15 is 0 Å². The molecule has 0 N–H and O–H groups in total. The molecule has 2 heterocycles. The molecule has 0 unspecified atom stereocenters. The van der Waals surface area contributed by atoms with Crippen LogP contribution in [0.3, 0.4) is 0 Å². The standard InChI is InChI=1S/C26H23ClN2O5S/c1-16-8-9-17(2)18(12-16)14-28-22-7-5-4-6-20(22)26(25(28)31)29(24(30)15-35(26,32)33)19-10-11-23(34-3)21(27)13-19/h4-13H,14-15H2,1-3H3/t26-/m0/s1. The number of sulfone groups is 1. The van der Waals surface area contributed by atoms with Crippen molar-refractivity contribution in [2.75, 3.05) is 22.7 Å². The lowest BCUT2D eigenvalue weighted by molar-refractivity contribution is -0.123. The third kappa shape index (κ3) is 3.27. The number of halogens is 1. The Kier molecular flexibility index (Phi) is 5.41. The van der Waals surface area contributed by atoms with Gasteiger partial charge in [-0.05, 0) is 49.2 Å². The van der Waals surface area contributed by atoms with Gasteiger partial charge in [-0.2, -0.15) is 0 Å². The average molecular weight is 511 g/mol. The Morgan fingerprint density at radius 3 is 2.49 bits per heavy atom. The Morgan fingerprint density at radius 2 is 1.77 bits per heavy atom. The second-order valence-corrected chi connectivity index (χ2v) is 11.3. The highest BCUT2D eigenvalue weighted by atomic mass is 35.5. The summed E-state index contributed by atoms with van der Waals surface area (Å²) in [5.74, 6) is -1.79. The van der Waals surface area contributed by atoms with Crippen LogP contribution in [0.1, 0.15) is 22.3 Å².